The Morgan fingerprint density at radius 2 is 2.00 bits per heavy atom. The molecule has 0 aliphatic rings. The molecule has 0 fully saturated rings. The minimum absolute atomic E-state index is 0.149. The molecule has 0 bridgehead atoms. The van der Waals surface area contributed by atoms with Crippen LogP contribution in [0.15, 0.2) is 35.1 Å². The summed E-state index contributed by atoms with van der Waals surface area (Å²) in [6.07, 6.45) is 0. The van der Waals surface area contributed by atoms with Crippen molar-refractivity contribution >= 4 is 5.91 Å². The molecule has 1 heterocycles. The number of nitrogens with one attached hydrogen (secondary N) is 1. The summed E-state index contributed by atoms with van der Waals surface area (Å²) in [6, 6.07) is 8.75. The Kier molecular flexibility index (Phi) is 2.09. The van der Waals surface area contributed by atoms with Crippen LogP contribution in [0.3, 0.4) is 0 Å². The lowest BCUT2D eigenvalue weighted by Gasteiger charge is -1.96. The highest BCUT2D eigenvalue weighted by Crippen LogP contribution is 2.01. The van der Waals surface area contributed by atoms with Gasteiger partial charge in [-0.25, -0.2) is 4.79 Å². The molecule has 0 radical (unpaired) electrons. The zero-order valence-electron chi connectivity index (χ0n) is 7.68. The van der Waals surface area contributed by atoms with Gasteiger partial charge in [-0.05, 0) is 12.1 Å². The lowest BCUT2D eigenvalue weighted by molar-refractivity contribution is 0.0990. The first-order valence-corrected chi connectivity index (χ1v) is 4.23. The lowest BCUT2D eigenvalue weighted by Crippen LogP contribution is -2.15. The third-order valence-corrected chi connectivity index (χ3v) is 1.85. The Hall–Kier alpha value is -2.37. The fraction of sp³-hybridized carbons (Fsp3) is 0. The molecule has 1 amide bonds. The molecule has 2 aromatic rings. The molecule has 0 aliphatic carbocycles. The summed E-state index contributed by atoms with van der Waals surface area (Å²) >= 11 is 0. The highest BCUT2D eigenvalue weighted by Gasteiger charge is 2.10. The number of aromatic nitrogens is 3. The molecule has 1 aromatic carbocycles. The molecule has 0 saturated carbocycles. The van der Waals surface area contributed by atoms with E-state index in [2.05, 4.69) is 10.1 Å². The van der Waals surface area contributed by atoms with Crippen molar-refractivity contribution in [2.75, 3.05) is 0 Å². The first kappa shape index (κ1) is 9.20. The Balaban J connectivity index is 2.55. The van der Waals surface area contributed by atoms with Crippen molar-refractivity contribution in [3.05, 3.63) is 46.6 Å². The molecule has 3 N–H and O–H groups in total. The maximum absolute atomic E-state index is 11.4. The molecule has 15 heavy (non-hydrogen) atoms. The predicted molar refractivity (Wildman–Crippen MR) is 52.7 cm³/mol. The summed E-state index contributed by atoms with van der Waals surface area (Å²) in [7, 11) is 0. The SMILES string of the molecule is NC(=O)c1nn(-c2ccccc2)c(=O)[nH]1. The number of rotatable bonds is 2. The van der Waals surface area contributed by atoms with Gasteiger partial charge in [0.2, 0.25) is 5.82 Å². The predicted octanol–water partition coefficient (Wildman–Crippen LogP) is -0.341. The lowest BCUT2D eigenvalue weighted by atomic mass is 10.3. The van der Waals surface area contributed by atoms with Gasteiger partial charge in [0.05, 0.1) is 5.69 Å². The minimum Gasteiger partial charge on any atom is -0.363 e. The highest BCUT2D eigenvalue weighted by atomic mass is 16.2. The maximum Gasteiger partial charge on any atom is 0.348 e. The monoisotopic (exact) mass is 204 g/mol. The van der Waals surface area contributed by atoms with Crippen LogP contribution >= 0.6 is 0 Å². The number of hydrogen-bond donors (Lipinski definition) is 2. The number of benzene rings is 1. The van der Waals surface area contributed by atoms with E-state index in [0.717, 1.165) is 4.68 Å². The normalized spacial score (nSPS) is 10.1. The van der Waals surface area contributed by atoms with E-state index in [-0.39, 0.29) is 5.82 Å². The second-order valence-corrected chi connectivity index (χ2v) is 2.89. The Bertz CT molecular complexity index is 541. The second-order valence-electron chi connectivity index (χ2n) is 2.89. The summed E-state index contributed by atoms with van der Waals surface area (Å²) in [5, 5.41) is 3.75. The summed E-state index contributed by atoms with van der Waals surface area (Å²) in [5.41, 5.74) is 5.07. The molecule has 1 aromatic heterocycles. The quantitative estimate of drug-likeness (QED) is 0.700. The van der Waals surface area contributed by atoms with Crippen molar-refractivity contribution in [2.45, 2.75) is 0 Å². The summed E-state index contributed by atoms with van der Waals surface area (Å²) in [5.74, 6) is -0.911. The van der Waals surface area contributed by atoms with E-state index in [1.54, 1.807) is 24.3 Å². The smallest absolute Gasteiger partial charge is 0.348 e. The summed E-state index contributed by atoms with van der Waals surface area (Å²) in [6.45, 7) is 0. The van der Waals surface area contributed by atoms with Crippen molar-refractivity contribution in [3.8, 4) is 5.69 Å². The Labute approximate surface area is 84.3 Å². The molecule has 6 nitrogen and oxygen atoms in total. The molecule has 0 spiro atoms. The molecule has 0 atom stereocenters. The summed E-state index contributed by atoms with van der Waals surface area (Å²) < 4.78 is 1.08. The maximum atomic E-state index is 11.4. The van der Waals surface area contributed by atoms with Gasteiger partial charge in [-0.1, -0.05) is 18.2 Å². The average molecular weight is 204 g/mol. The fourth-order valence-corrected chi connectivity index (χ4v) is 1.18. The first-order valence-electron chi connectivity index (χ1n) is 4.23. The van der Waals surface area contributed by atoms with Crippen LogP contribution in [0.4, 0.5) is 0 Å². The number of H-pyrrole nitrogens is 1. The zero-order chi connectivity index (χ0) is 10.8. The van der Waals surface area contributed by atoms with Gasteiger partial charge in [0.25, 0.3) is 5.91 Å². The molecule has 0 aliphatic heterocycles. The molecular formula is C9H8N4O2. The van der Waals surface area contributed by atoms with E-state index in [4.69, 9.17) is 5.73 Å². The van der Waals surface area contributed by atoms with Crippen LogP contribution in [-0.2, 0) is 0 Å². The Morgan fingerprint density at radius 3 is 2.53 bits per heavy atom. The van der Waals surface area contributed by atoms with Gasteiger partial charge in [0, 0.05) is 0 Å². The number of para-hydroxylation sites is 1. The van der Waals surface area contributed by atoms with E-state index < -0.39 is 11.6 Å². The van der Waals surface area contributed by atoms with Crippen LogP contribution in [0.25, 0.3) is 5.69 Å². The van der Waals surface area contributed by atoms with Crippen molar-refractivity contribution in [1.82, 2.24) is 14.8 Å². The van der Waals surface area contributed by atoms with Gasteiger partial charge in [0.15, 0.2) is 0 Å². The van der Waals surface area contributed by atoms with Gasteiger partial charge < -0.3 is 5.73 Å². The van der Waals surface area contributed by atoms with E-state index in [1.807, 2.05) is 6.07 Å². The number of carbonyl (C=O) groups is 1. The van der Waals surface area contributed by atoms with Crippen molar-refractivity contribution in [1.29, 1.82) is 0 Å². The summed E-state index contributed by atoms with van der Waals surface area (Å²) in [4.78, 5) is 24.4. The van der Waals surface area contributed by atoms with Crippen LogP contribution in [0.1, 0.15) is 10.6 Å². The Morgan fingerprint density at radius 1 is 1.33 bits per heavy atom. The number of primary amides is 1. The van der Waals surface area contributed by atoms with Gasteiger partial charge in [0.1, 0.15) is 0 Å². The minimum atomic E-state index is -0.762. The highest BCUT2D eigenvalue weighted by molar-refractivity contribution is 5.88. The number of carbonyl (C=O) groups excluding carboxylic acids is 1. The van der Waals surface area contributed by atoms with Gasteiger partial charge >= 0.3 is 5.69 Å². The van der Waals surface area contributed by atoms with Gasteiger partial charge in [-0.15, -0.1) is 5.10 Å². The van der Waals surface area contributed by atoms with Crippen LogP contribution in [0.5, 0.6) is 0 Å². The standard InChI is InChI=1S/C9H8N4O2/c10-7(14)8-11-9(15)13(12-8)6-4-2-1-3-5-6/h1-5H,(H2,10,14)(H,11,12,15). The average Bonchev–Trinajstić information content (AvgIpc) is 2.62. The number of hydrogen-bond acceptors (Lipinski definition) is 3. The van der Waals surface area contributed by atoms with Gasteiger partial charge in [-0.3, -0.25) is 9.78 Å². The molecule has 76 valence electrons. The number of aromatic amines is 1. The molecule has 2 rings (SSSR count). The van der Waals surface area contributed by atoms with E-state index in [9.17, 15) is 9.59 Å². The number of nitrogens with two attached hydrogens (primary N) is 1. The molecule has 6 heteroatoms. The number of amides is 1. The van der Waals surface area contributed by atoms with Gasteiger partial charge in [-0.2, -0.15) is 4.68 Å². The van der Waals surface area contributed by atoms with Crippen molar-refractivity contribution in [3.63, 3.8) is 0 Å². The number of nitrogens with zero attached hydrogens (tertiary/aromatic N) is 2. The van der Waals surface area contributed by atoms with E-state index in [0.29, 0.717) is 5.69 Å². The topological polar surface area (TPSA) is 93.8 Å². The van der Waals surface area contributed by atoms with Crippen molar-refractivity contribution < 1.29 is 4.79 Å². The molecule has 0 unspecified atom stereocenters. The zero-order valence-corrected chi connectivity index (χ0v) is 7.68. The van der Waals surface area contributed by atoms with E-state index >= 15 is 0 Å². The van der Waals surface area contributed by atoms with Crippen LogP contribution in [0, 0.1) is 0 Å². The first-order chi connectivity index (χ1) is 7.18. The van der Waals surface area contributed by atoms with Crippen LogP contribution in [0.2, 0.25) is 0 Å². The third-order valence-electron chi connectivity index (χ3n) is 1.85. The fourth-order valence-electron chi connectivity index (χ4n) is 1.18. The van der Waals surface area contributed by atoms with Crippen LogP contribution in [-0.4, -0.2) is 20.7 Å². The largest absolute Gasteiger partial charge is 0.363 e. The third kappa shape index (κ3) is 1.64. The second kappa shape index (κ2) is 3.41. The van der Waals surface area contributed by atoms with E-state index in [1.165, 1.54) is 0 Å². The van der Waals surface area contributed by atoms with Crippen LogP contribution < -0.4 is 11.4 Å². The molecular weight excluding hydrogens is 196 g/mol. The van der Waals surface area contributed by atoms with Crippen molar-refractivity contribution in [2.24, 2.45) is 5.73 Å². The molecule has 0 saturated heterocycles.